The van der Waals surface area contributed by atoms with Gasteiger partial charge in [0.05, 0.1) is 36.6 Å². The van der Waals surface area contributed by atoms with E-state index in [-0.39, 0.29) is 28.3 Å². The van der Waals surface area contributed by atoms with Gasteiger partial charge in [-0.3, -0.25) is 0 Å². The fourth-order valence-corrected chi connectivity index (χ4v) is 11.9. The molecule has 5 fully saturated rings. The lowest BCUT2D eigenvalue weighted by atomic mass is 9.38. The van der Waals surface area contributed by atoms with E-state index in [9.17, 15) is 35.7 Å². The molecule has 10 heteroatoms. The summed E-state index contributed by atoms with van der Waals surface area (Å²) in [6.07, 6.45) is 1.99. The second-order valence-electron chi connectivity index (χ2n) is 17.7. The third-order valence-corrected chi connectivity index (χ3v) is 14.9. The quantitative estimate of drug-likeness (QED) is 0.193. The van der Waals surface area contributed by atoms with E-state index in [2.05, 4.69) is 46.8 Å². The smallest absolute Gasteiger partial charge is 0.186 e. The highest BCUT2D eigenvalue weighted by Gasteiger charge is 2.75. The van der Waals surface area contributed by atoms with Crippen molar-refractivity contribution in [3.8, 4) is 0 Å². The van der Waals surface area contributed by atoms with Crippen molar-refractivity contribution in [2.24, 2.45) is 45.3 Å². The Morgan fingerprint density at radius 3 is 2.28 bits per heavy atom. The topological polar surface area (TPSA) is 169 Å². The van der Waals surface area contributed by atoms with Crippen LogP contribution in [0.1, 0.15) is 93.4 Å². The van der Waals surface area contributed by atoms with Crippen molar-refractivity contribution < 1.29 is 50.0 Å². The molecule has 2 heterocycles. The van der Waals surface area contributed by atoms with E-state index in [1.807, 2.05) is 0 Å². The summed E-state index contributed by atoms with van der Waals surface area (Å²) in [5.41, 5.74) is -2.34. The molecule has 7 N–H and O–H groups in total. The molecule has 2 aliphatic heterocycles. The first-order valence-electron chi connectivity index (χ1n) is 17.7. The number of allylic oxidation sites excluding steroid dienone is 1. The number of fused-ring (bicyclic) bond motifs is 2. The summed E-state index contributed by atoms with van der Waals surface area (Å²) in [6, 6.07) is 0. The summed E-state index contributed by atoms with van der Waals surface area (Å²) in [7, 11) is 0. The maximum Gasteiger partial charge on any atom is 0.186 e. The molecule has 264 valence electrons. The molecule has 16 atom stereocenters. The Morgan fingerprint density at radius 2 is 1.63 bits per heavy atom. The molecular formula is C36H60O10. The van der Waals surface area contributed by atoms with E-state index >= 15 is 0 Å². The number of hydrogen-bond donors (Lipinski definition) is 7. The van der Waals surface area contributed by atoms with E-state index in [1.54, 1.807) is 0 Å². The van der Waals surface area contributed by atoms with Gasteiger partial charge in [-0.15, -0.1) is 0 Å². The first-order valence-corrected chi connectivity index (χ1v) is 17.7. The average Bonchev–Trinajstić information content (AvgIpc) is 3.38. The van der Waals surface area contributed by atoms with Gasteiger partial charge in [-0.1, -0.05) is 46.8 Å². The van der Waals surface area contributed by atoms with Crippen LogP contribution < -0.4 is 0 Å². The maximum absolute atomic E-state index is 10.9. The second kappa shape index (κ2) is 11.4. The molecule has 0 radical (unpaired) electrons. The molecule has 0 aromatic carbocycles. The number of aliphatic hydroxyl groups is 7. The van der Waals surface area contributed by atoms with Gasteiger partial charge in [-0.05, 0) is 87.4 Å². The molecule has 2 saturated heterocycles. The molecule has 2 bridgehead atoms. The zero-order valence-electron chi connectivity index (χ0n) is 28.8. The third kappa shape index (κ3) is 4.72. The van der Waals surface area contributed by atoms with Crippen LogP contribution >= 0.6 is 0 Å². The predicted octanol–water partition coefficient (Wildman–Crippen LogP) is 2.28. The highest BCUT2D eigenvalue weighted by atomic mass is 16.7. The van der Waals surface area contributed by atoms with Crippen LogP contribution in [0.2, 0.25) is 0 Å². The average molecular weight is 653 g/mol. The largest absolute Gasteiger partial charge is 0.394 e. The molecule has 10 nitrogen and oxygen atoms in total. The molecule has 16 unspecified atom stereocenters. The molecule has 0 aromatic rings. The van der Waals surface area contributed by atoms with E-state index in [1.165, 1.54) is 13.8 Å². The van der Waals surface area contributed by atoms with Gasteiger partial charge < -0.3 is 50.0 Å². The Balaban J connectivity index is 1.24. The van der Waals surface area contributed by atoms with E-state index < -0.39 is 66.1 Å². The number of hydrogen-bond acceptors (Lipinski definition) is 10. The van der Waals surface area contributed by atoms with E-state index in [0.29, 0.717) is 30.8 Å². The molecule has 6 aliphatic rings. The van der Waals surface area contributed by atoms with Gasteiger partial charge in [0.25, 0.3) is 0 Å². The normalized spacial score (nSPS) is 51.6. The first kappa shape index (κ1) is 35.2. The zero-order valence-corrected chi connectivity index (χ0v) is 28.8. The summed E-state index contributed by atoms with van der Waals surface area (Å²) in [5.74, 6) is 1.21. The minimum Gasteiger partial charge on any atom is -0.394 e. The summed E-state index contributed by atoms with van der Waals surface area (Å²) in [5, 5.41) is 72.8. The van der Waals surface area contributed by atoms with Crippen molar-refractivity contribution in [2.45, 2.75) is 154 Å². The highest BCUT2D eigenvalue weighted by molar-refractivity contribution is 5.33. The van der Waals surface area contributed by atoms with E-state index in [0.717, 1.165) is 38.5 Å². The summed E-state index contributed by atoms with van der Waals surface area (Å²) >= 11 is 0. The molecule has 46 heavy (non-hydrogen) atoms. The van der Waals surface area contributed by atoms with Gasteiger partial charge in [-0.2, -0.15) is 0 Å². The first-order chi connectivity index (χ1) is 21.3. The van der Waals surface area contributed by atoms with Crippen LogP contribution in [0.15, 0.2) is 12.2 Å². The number of rotatable bonds is 8. The van der Waals surface area contributed by atoms with Crippen LogP contribution in [-0.2, 0) is 14.2 Å². The van der Waals surface area contributed by atoms with Crippen LogP contribution in [-0.4, -0.2) is 109 Å². The van der Waals surface area contributed by atoms with Gasteiger partial charge in [0, 0.05) is 16.7 Å². The number of aliphatic hydroxyl groups excluding tert-OH is 6. The Bertz CT molecular complexity index is 1170. The predicted molar refractivity (Wildman–Crippen MR) is 169 cm³/mol. The van der Waals surface area contributed by atoms with Crippen LogP contribution in [0.4, 0.5) is 0 Å². The maximum atomic E-state index is 10.9. The Labute approximate surface area is 274 Å². The molecule has 3 saturated carbocycles. The Morgan fingerprint density at radius 1 is 0.935 bits per heavy atom. The van der Waals surface area contributed by atoms with Crippen molar-refractivity contribution in [2.75, 3.05) is 13.2 Å². The van der Waals surface area contributed by atoms with E-state index in [4.69, 9.17) is 14.2 Å². The minimum atomic E-state index is -1.49. The highest BCUT2D eigenvalue weighted by Crippen LogP contribution is 2.77. The molecule has 0 aromatic heterocycles. The lowest BCUT2D eigenvalue weighted by Crippen LogP contribution is -2.66. The molecule has 4 aliphatic carbocycles. The lowest BCUT2D eigenvalue weighted by Gasteiger charge is -2.65. The van der Waals surface area contributed by atoms with Gasteiger partial charge >= 0.3 is 0 Å². The van der Waals surface area contributed by atoms with Crippen molar-refractivity contribution in [1.29, 1.82) is 0 Å². The van der Waals surface area contributed by atoms with Gasteiger partial charge in [-0.25, -0.2) is 0 Å². The van der Waals surface area contributed by atoms with Gasteiger partial charge in [0.1, 0.15) is 30.5 Å². The van der Waals surface area contributed by atoms with Crippen molar-refractivity contribution in [3.05, 3.63) is 12.2 Å². The second-order valence-corrected chi connectivity index (χ2v) is 17.7. The molecular weight excluding hydrogens is 592 g/mol. The molecule has 6 rings (SSSR count). The van der Waals surface area contributed by atoms with Gasteiger partial charge in [0.15, 0.2) is 6.29 Å². The van der Waals surface area contributed by atoms with Crippen LogP contribution in [0.25, 0.3) is 0 Å². The Hall–Kier alpha value is -0.660. The fraction of sp³-hybridized carbons (Fsp3) is 0.944. The van der Waals surface area contributed by atoms with Crippen molar-refractivity contribution in [3.63, 3.8) is 0 Å². The fourth-order valence-electron chi connectivity index (χ4n) is 11.9. The van der Waals surface area contributed by atoms with Crippen LogP contribution in [0.3, 0.4) is 0 Å². The summed E-state index contributed by atoms with van der Waals surface area (Å²) < 4.78 is 19.2. The standard InChI is InChI=1S/C36H60O10/c1-19(16-21(38)29(42)32(4,5)43)20-10-12-34(7)23-11-13-36-24(35(23,18-44-36)15-14-33(20,34)6)8-9-25(31(36,2)3)46-30-28(41)27(40)26(39)22(17-37)45-30/h11,13,19-30,37-43H,8-10,12,14-18H2,1-7H3. The number of ether oxygens (including phenoxy) is 3. The SMILES string of the molecule is CC(CC(O)C(O)C(C)(C)O)C1CCC2(C)C3C=CC45OCC3(CCC12C)C4CCC(OC1OC(CO)C(O)C(O)C1O)C5(C)C. The zero-order chi connectivity index (χ0) is 33.8. The van der Waals surface area contributed by atoms with Crippen LogP contribution in [0, 0.1) is 45.3 Å². The minimum absolute atomic E-state index is 0.0108. The van der Waals surface area contributed by atoms with Gasteiger partial charge in [0.2, 0.25) is 0 Å². The van der Waals surface area contributed by atoms with Crippen LogP contribution in [0.5, 0.6) is 0 Å². The van der Waals surface area contributed by atoms with Crippen molar-refractivity contribution >= 4 is 0 Å². The van der Waals surface area contributed by atoms with Crippen molar-refractivity contribution in [1.82, 2.24) is 0 Å². The summed E-state index contributed by atoms with van der Waals surface area (Å²) in [4.78, 5) is 0. The third-order valence-electron chi connectivity index (χ3n) is 14.9. The lowest BCUT2D eigenvalue weighted by molar-refractivity contribution is -0.329. The molecule has 1 spiro atoms. The summed E-state index contributed by atoms with van der Waals surface area (Å²) in [6.45, 7) is 14.7. The monoisotopic (exact) mass is 652 g/mol. The molecule has 0 amide bonds. The Kier molecular flexibility index (Phi) is 8.74.